The second-order valence-corrected chi connectivity index (χ2v) is 5.19. The lowest BCUT2D eigenvalue weighted by Gasteiger charge is -2.08. The molecule has 1 aromatic carbocycles. The van der Waals surface area contributed by atoms with Crippen LogP contribution in [0.25, 0.3) is 0 Å². The van der Waals surface area contributed by atoms with Crippen LogP contribution in [0.5, 0.6) is 11.6 Å². The molecular weight excluding hydrogens is 339 g/mol. The van der Waals surface area contributed by atoms with Gasteiger partial charge in [0.05, 0.1) is 5.02 Å². The first-order chi connectivity index (χ1) is 8.58. The second-order valence-electron chi connectivity index (χ2n) is 3.48. The Morgan fingerprint density at radius 2 is 2.00 bits per heavy atom. The van der Waals surface area contributed by atoms with Gasteiger partial charge in [-0.25, -0.2) is 4.98 Å². The Morgan fingerprint density at radius 3 is 2.67 bits per heavy atom. The Hall–Kier alpha value is -0.840. The Labute approximate surface area is 123 Å². The summed E-state index contributed by atoms with van der Waals surface area (Å²) in [6, 6.07) is 6.90. The van der Waals surface area contributed by atoms with Crippen LogP contribution in [0.3, 0.4) is 0 Å². The molecule has 0 amide bonds. The molecule has 1 aromatic heterocycles. The summed E-state index contributed by atoms with van der Waals surface area (Å²) in [5.74, 6) is 1.54. The highest BCUT2D eigenvalue weighted by Gasteiger charge is 2.07. The topological polar surface area (TPSA) is 35.0 Å². The van der Waals surface area contributed by atoms with Crippen molar-refractivity contribution in [3.63, 3.8) is 0 Å². The van der Waals surface area contributed by atoms with E-state index in [0.717, 1.165) is 4.47 Å². The highest BCUT2D eigenvalue weighted by atomic mass is 79.9. The number of aromatic nitrogens is 2. The third kappa shape index (κ3) is 3.34. The zero-order valence-corrected chi connectivity index (χ0v) is 12.6. The highest BCUT2D eigenvalue weighted by Crippen LogP contribution is 2.31. The van der Waals surface area contributed by atoms with Crippen LogP contribution in [0, 0.1) is 0 Å². The van der Waals surface area contributed by atoms with Gasteiger partial charge in [-0.3, -0.25) is 0 Å². The monoisotopic (exact) mass is 346 g/mol. The van der Waals surface area contributed by atoms with Crippen molar-refractivity contribution in [2.24, 2.45) is 0 Å². The molecule has 0 aliphatic carbocycles. The number of benzene rings is 1. The summed E-state index contributed by atoms with van der Waals surface area (Å²) < 4.78 is 6.48. The van der Waals surface area contributed by atoms with Crippen LogP contribution < -0.4 is 4.74 Å². The number of aryl methyl sites for hydroxylation is 1. The zero-order chi connectivity index (χ0) is 13.1. The van der Waals surface area contributed by atoms with Gasteiger partial charge in [0, 0.05) is 17.0 Å². The van der Waals surface area contributed by atoms with Gasteiger partial charge in [-0.2, -0.15) is 4.98 Å². The fourth-order valence-electron chi connectivity index (χ4n) is 1.32. The predicted molar refractivity (Wildman–Crippen MR) is 75.6 cm³/mol. The number of halogens is 3. The van der Waals surface area contributed by atoms with E-state index in [2.05, 4.69) is 25.9 Å². The van der Waals surface area contributed by atoms with Crippen LogP contribution in [0.15, 0.2) is 28.7 Å². The molecule has 0 N–H and O–H groups in total. The molecule has 0 atom stereocenters. The van der Waals surface area contributed by atoms with Crippen LogP contribution in [0.1, 0.15) is 12.7 Å². The SMILES string of the molecule is CCc1nc(Cl)cc(Oc2ccc(Br)cc2Cl)n1. The molecule has 0 bridgehead atoms. The van der Waals surface area contributed by atoms with Crippen LogP contribution in [0.2, 0.25) is 10.2 Å². The van der Waals surface area contributed by atoms with Crippen molar-refractivity contribution in [2.75, 3.05) is 0 Å². The lowest BCUT2D eigenvalue weighted by Crippen LogP contribution is -1.96. The summed E-state index contributed by atoms with van der Waals surface area (Å²) >= 11 is 15.3. The van der Waals surface area contributed by atoms with E-state index in [4.69, 9.17) is 27.9 Å². The maximum atomic E-state index is 6.06. The van der Waals surface area contributed by atoms with Gasteiger partial charge in [-0.05, 0) is 18.2 Å². The third-order valence-corrected chi connectivity index (χ3v) is 3.12. The van der Waals surface area contributed by atoms with Gasteiger partial charge in [0.15, 0.2) is 0 Å². The van der Waals surface area contributed by atoms with Crippen molar-refractivity contribution < 1.29 is 4.74 Å². The van der Waals surface area contributed by atoms with Crippen molar-refractivity contribution in [2.45, 2.75) is 13.3 Å². The number of hydrogen-bond donors (Lipinski definition) is 0. The first-order valence-electron chi connectivity index (χ1n) is 5.25. The fraction of sp³-hybridized carbons (Fsp3) is 0.167. The lowest BCUT2D eigenvalue weighted by atomic mass is 10.3. The van der Waals surface area contributed by atoms with E-state index in [0.29, 0.717) is 34.1 Å². The normalized spacial score (nSPS) is 10.4. The molecule has 6 heteroatoms. The molecule has 94 valence electrons. The van der Waals surface area contributed by atoms with Crippen LogP contribution in [-0.4, -0.2) is 9.97 Å². The molecule has 0 saturated heterocycles. The minimum Gasteiger partial charge on any atom is -0.437 e. The summed E-state index contributed by atoms with van der Waals surface area (Å²) in [5.41, 5.74) is 0. The van der Waals surface area contributed by atoms with Gasteiger partial charge < -0.3 is 4.74 Å². The summed E-state index contributed by atoms with van der Waals surface area (Å²) in [6.07, 6.45) is 0.686. The molecular formula is C12H9BrCl2N2O. The molecule has 0 aliphatic rings. The number of hydrogen-bond acceptors (Lipinski definition) is 3. The van der Waals surface area contributed by atoms with Crippen molar-refractivity contribution >= 4 is 39.1 Å². The predicted octanol–water partition coefficient (Wildman–Crippen LogP) is 4.90. The Kier molecular flexibility index (Phi) is 4.43. The molecule has 0 aliphatic heterocycles. The number of rotatable bonds is 3. The van der Waals surface area contributed by atoms with Crippen molar-refractivity contribution in [3.05, 3.63) is 44.7 Å². The second kappa shape index (κ2) is 5.87. The molecule has 18 heavy (non-hydrogen) atoms. The third-order valence-electron chi connectivity index (χ3n) is 2.14. The quantitative estimate of drug-likeness (QED) is 0.740. The minimum atomic E-state index is 0.352. The van der Waals surface area contributed by atoms with Crippen LogP contribution in [-0.2, 0) is 6.42 Å². The molecule has 2 aromatic rings. The van der Waals surface area contributed by atoms with Crippen molar-refractivity contribution in [1.82, 2.24) is 9.97 Å². The Morgan fingerprint density at radius 1 is 1.22 bits per heavy atom. The molecule has 1 heterocycles. The molecule has 0 spiro atoms. The first kappa shape index (κ1) is 13.6. The van der Waals surface area contributed by atoms with E-state index in [1.54, 1.807) is 18.2 Å². The van der Waals surface area contributed by atoms with E-state index in [1.165, 1.54) is 0 Å². The largest absolute Gasteiger partial charge is 0.437 e. The molecule has 2 rings (SSSR count). The molecule has 0 fully saturated rings. The summed E-state index contributed by atoms with van der Waals surface area (Å²) in [5, 5.41) is 0.849. The Balaban J connectivity index is 2.30. The smallest absolute Gasteiger partial charge is 0.224 e. The fourth-order valence-corrected chi connectivity index (χ4v) is 2.23. The molecule has 3 nitrogen and oxygen atoms in total. The summed E-state index contributed by atoms with van der Waals surface area (Å²) in [4.78, 5) is 8.29. The van der Waals surface area contributed by atoms with E-state index in [9.17, 15) is 0 Å². The van der Waals surface area contributed by atoms with Gasteiger partial charge >= 0.3 is 0 Å². The minimum absolute atomic E-state index is 0.352. The number of nitrogens with zero attached hydrogens (tertiary/aromatic N) is 2. The highest BCUT2D eigenvalue weighted by molar-refractivity contribution is 9.10. The van der Waals surface area contributed by atoms with E-state index in [-0.39, 0.29) is 0 Å². The zero-order valence-electron chi connectivity index (χ0n) is 9.45. The average molecular weight is 348 g/mol. The first-order valence-corrected chi connectivity index (χ1v) is 6.79. The van der Waals surface area contributed by atoms with Gasteiger partial charge in [0.1, 0.15) is 16.7 Å². The van der Waals surface area contributed by atoms with Crippen molar-refractivity contribution in [1.29, 1.82) is 0 Å². The van der Waals surface area contributed by atoms with Gasteiger partial charge in [0.25, 0.3) is 0 Å². The van der Waals surface area contributed by atoms with Gasteiger partial charge in [-0.15, -0.1) is 0 Å². The van der Waals surface area contributed by atoms with E-state index < -0.39 is 0 Å². The van der Waals surface area contributed by atoms with E-state index in [1.807, 2.05) is 13.0 Å². The maximum absolute atomic E-state index is 6.06. The summed E-state index contributed by atoms with van der Waals surface area (Å²) in [7, 11) is 0. The summed E-state index contributed by atoms with van der Waals surface area (Å²) in [6.45, 7) is 1.95. The molecule has 0 radical (unpaired) electrons. The van der Waals surface area contributed by atoms with E-state index >= 15 is 0 Å². The van der Waals surface area contributed by atoms with Gasteiger partial charge in [-0.1, -0.05) is 46.1 Å². The van der Waals surface area contributed by atoms with Crippen LogP contribution in [0.4, 0.5) is 0 Å². The Bertz CT molecular complexity index is 578. The van der Waals surface area contributed by atoms with Gasteiger partial charge in [0.2, 0.25) is 5.88 Å². The molecule has 0 saturated carbocycles. The van der Waals surface area contributed by atoms with Crippen molar-refractivity contribution in [3.8, 4) is 11.6 Å². The van der Waals surface area contributed by atoms with Crippen LogP contribution >= 0.6 is 39.1 Å². The maximum Gasteiger partial charge on any atom is 0.224 e. The lowest BCUT2D eigenvalue weighted by molar-refractivity contribution is 0.459. The molecule has 0 unspecified atom stereocenters. The number of ether oxygens (including phenoxy) is 1. The standard InChI is InChI=1S/C12H9BrCl2N2O/c1-2-11-16-10(15)6-12(17-11)18-9-4-3-7(13)5-8(9)14/h3-6H,2H2,1H3. The average Bonchev–Trinajstić information content (AvgIpc) is 2.32.